The van der Waals surface area contributed by atoms with Gasteiger partial charge >= 0.3 is 5.97 Å². The van der Waals surface area contributed by atoms with Crippen LogP contribution >= 0.6 is 23.2 Å². The normalized spacial score (nSPS) is 15.0. The fourth-order valence-corrected chi connectivity index (χ4v) is 4.50. The molecule has 2 aromatic carbocycles. The molecule has 0 N–H and O–H groups in total. The largest absolute Gasteiger partial charge is 0.465 e. The quantitative estimate of drug-likeness (QED) is 0.308. The molecule has 0 unspecified atom stereocenters. The number of ether oxygens (including phenoxy) is 1. The highest BCUT2D eigenvalue weighted by atomic mass is 35.5. The van der Waals surface area contributed by atoms with E-state index in [9.17, 15) is 14.0 Å². The van der Waals surface area contributed by atoms with Crippen LogP contribution in [0.1, 0.15) is 23.9 Å². The predicted molar refractivity (Wildman–Crippen MR) is 132 cm³/mol. The van der Waals surface area contributed by atoms with Crippen molar-refractivity contribution in [3.8, 4) is 5.69 Å². The van der Waals surface area contributed by atoms with E-state index in [4.69, 9.17) is 27.9 Å². The van der Waals surface area contributed by atoms with Gasteiger partial charge in [-0.25, -0.2) is 9.18 Å². The van der Waals surface area contributed by atoms with Gasteiger partial charge in [-0.05, 0) is 68.8 Å². The summed E-state index contributed by atoms with van der Waals surface area (Å²) in [5, 5.41) is 0.633. The number of para-hydroxylation sites is 1. The van der Waals surface area contributed by atoms with Crippen LogP contribution in [-0.4, -0.2) is 23.6 Å². The van der Waals surface area contributed by atoms with Gasteiger partial charge in [0.15, 0.2) is 0 Å². The molecule has 4 rings (SSSR count). The van der Waals surface area contributed by atoms with Crippen molar-refractivity contribution in [3.63, 3.8) is 0 Å². The number of halogens is 3. The van der Waals surface area contributed by atoms with Crippen LogP contribution in [0.3, 0.4) is 0 Å². The molecule has 1 aromatic heterocycles. The Bertz CT molecular complexity index is 1410. The van der Waals surface area contributed by atoms with E-state index in [0.29, 0.717) is 27.7 Å². The number of hydrogen-bond acceptors (Lipinski definition) is 3. The van der Waals surface area contributed by atoms with Crippen LogP contribution in [0.15, 0.2) is 65.4 Å². The fraction of sp³-hybridized carbons (Fsp3) is 0.154. The van der Waals surface area contributed by atoms with Gasteiger partial charge in [0.1, 0.15) is 5.82 Å². The van der Waals surface area contributed by atoms with Crippen LogP contribution in [0.5, 0.6) is 0 Å². The number of carbonyl (C=O) groups is 2. The lowest BCUT2D eigenvalue weighted by Gasteiger charge is -2.18. The average molecular weight is 499 g/mol. The van der Waals surface area contributed by atoms with Crippen molar-refractivity contribution in [2.75, 3.05) is 12.0 Å². The summed E-state index contributed by atoms with van der Waals surface area (Å²) in [5.74, 6) is -1.41. The van der Waals surface area contributed by atoms with Crippen molar-refractivity contribution in [3.05, 3.63) is 98.2 Å². The van der Waals surface area contributed by atoms with E-state index >= 15 is 0 Å². The first-order chi connectivity index (χ1) is 16.1. The number of benzene rings is 2. The lowest BCUT2D eigenvalue weighted by molar-refractivity contribution is -0.136. The zero-order valence-corrected chi connectivity index (χ0v) is 20.5. The number of anilines is 1. The molecule has 1 aliphatic heterocycles. The summed E-state index contributed by atoms with van der Waals surface area (Å²) < 4.78 is 21.2. The van der Waals surface area contributed by atoms with Crippen LogP contribution in [0.25, 0.3) is 11.8 Å². The minimum atomic E-state index is -0.637. The molecule has 0 atom stereocenters. The molecule has 0 bridgehead atoms. The molecule has 1 aliphatic rings. The molecule has 0 saturated carbocycles. The van der Waals surface area contributed by atoms with Gasteiger partial charge in [-0.2, -0.15) is 0 Å². The van der Waals surface area contributed by atoms with Gasteiger partial charge < -0.3 is 9.30 Å². The number of aromatic nitrogens is 1. The molecule has 8 heteroatoms. The number of methoxy groups -OCH3 is 1. The highest BCUT2D eigenvalue weighted by Gasteiger charge is 2.38. The molecule has 5 nitrogen and oxygen atoms in total. The minimum Gasteiger partial charge on any atom is -0.465 e. The second-order valence-electron chi connectivity index (χ2n) is 7.86. The van der Waals surface area contributed by atoms with E-state index < -0.39 is 11.9 Å². The van der Waals surface area contributed by atoms with Crippen LogP contribution in [-0.2, 0) is 14.3 Å². The van der Waals surface area contributed by atoms with Crippen LogP contribution < -0.4 is 4.90 Å². The van der Waals surface area contributed by atoms with Gasteiger partial charge in [-0.1, -0.05) is 35.3 Å². The SMILES string of the molecule is COC(=O)C1=C(C)N(c2ccc(Cl)c(Cl)c2)C(=O)/C1=C\c1cc(C)n(-c2ccccc2F)c1C. The molecular weight excluding hydrogens is 478 g/mol. The van der Waals surface area contributed by atoms with Crippen molar-refractivity contribution in [2.24, 2.45) is 0 Å². The Kier molecular flexibility index (Phi) is 6.39. The highest BCUT2D eigenvalue weighted by Crippen LogP contribution is 2.38. The van der Waals surface area contributed by atoms with Crippen LogP contribution in [0.2, 0.25) is 10.0 Å². The maximum absolute atomic E-state index is 14.5. The number of amides is 1. The molecule has 0 saturated heterocycles. The van der Waals surface area contributed by atoms with E-state index in [0.717, 1.165) is 11.4 Å². The Hall–Kier alpha value is -3.35. The summed E-state index contributed by atoms with van der Waals surface area (Å²) in [6.07, 6.45) is 1.63. The monoisotopic (exact) mass is 498 g/mol. The van der Waals surface area contributed by atoms with Crippen molar-refractivity contribution in [1.29, 1.82) is 0 Å². The Morgan fingerprint density at radius 1 is 1.03 bits per heavy atom. The Morgan fingerprint density at radius 2 is 1.74 bits per heavy atom. The number of nitrogens with zero attached hydrogens (tertiary/aromatic N) is 2. The van der Waals surface area contributed by atoms with Gasteiger partial charge in [0, 0.05) is 17.1 Å². The third kappa shape index (κ3) is 3.93. The van der Waals surface area contributed by atoms with E-state index in [1.807, 2.05) is 19.9 Å². The molecule has 34 heavy (non-hydrogen) atoms. The van der Waals surface area contributed by atoms with Gasteiger partial charge in [0.05, 0.1) is 39.7 Å². The van der Waals surface area contributed by atoms with Crippen molar-refractivity contribution in [1.82, 2.24) is 4.57 Å². The first-order valence-corrected chi connectivity index (χ1v) is 11.2. The topological polar surface area (TPSA) is 51.5 Å². The highest BCUT2D eigenvalue weighted by molar-refractivity contribution is 6.42. The smallest absolute Gasteiger partial charge is 0.340 e. The van der Waals surface area contributed by atoms with Gasteiger partial charge in [0.25, 0.3) is 5.91 Å². The third-order valence-corrected chi connectivity index (χ3v) is 6.55. The fourth-order valence-electron chi connectivity index (χ4n) is 4.21. The summed E-state index contributed by atoms with van der Waals surface area (Å²) in [5.41, 5.74) is 3.77. The number of esters is 1. The number of hydrogen-bond donors (Lipinski definition) is 0. The maximum Gasteiger partial charge on any atom is 0.340 e. The van der Waals surface area contributed by atoms with E-state index in [-0.39, 0.29) is 22.0 Å². The van der Waals surface area contributed by atoms with Crippen LogP contribution in [0, 0.1) is 19.7 Å². The lowest BCUT2D eigenvalue weighted by atomic mass is 10.0. The van der Waals surface area contributed by atoms with Gasteiger partial charge in [-0.15, -0.1) is 0 Å². The van der Waals surface area contributed by atoms with Crippen molar-refractivity contribution >= 4 is 46.8 Å². The predicted octanol–water partition coefficient (Wildman–Crippen LogP) is 6.42. The molecule has 3 aromatic rings. The van der Waals surface area contributed by atoms with E-state index in [1.54, 1.807) is 54.0 Å². The van der Waals surface area contributed by atoms with Crippen molar-refractivity contribution in [2.45, 2.75) is 20.8 Å². The average Bonchev–Trinajstić information content (AvgIpc) is 3.22. The maximum atomic E-state index is 14.5. The summed E-state index contributed by atoms with van der Waals surface area (Å²) >= 11 is 12.2. The number of allylic oxidation sites excluding steroid dienone is 1. The van der Waals surface area contributed by atoms with Crippen LogP contribution in [0.4, 0.5) is 10.1 Å². The minimum absolute atomic E-state index is 0.147. The van der Waals surface area contributed by atoms with E-state index in [1.165, 1.54) is 18.1 Å². The molecule has 0 spiro atoms. The molecule has 174 valence electrons. The summed E-state index contributed by atoms with van der Waals surface area (Å²) in [7, 11) is 1.26. The summed E-state index contributed by atoms with van der Waals surface area (Å²) in [6.45, 7) is 5.34. The molecule has 0 aliphatic carbocycles. The lowest BCUT2D eigenvalue weighted by Crippen LogP contribution is -2.24. The standard InChI is InChI=1S/C26H21Cl2FN2O3/c1-14-11-17(15(2)30(14)23-8-6-5-7-22(23)29)12-19-24(26(33)34-4)16(3)31(25(19)32)18-9-10-20(27)21(28)13-18/h5-13H,1-4H3/b19-12-. The second kappa shape index (κ2) is 9.12. The van der Waals surface area contributed by atoms with Gasteiger partial charge in [0.2, 0.25) is 0 Å². The molecular formula is C26H21Cl2FN2O3. The summed E-state index contributed by atoms with van der Waals surface area (Å²) in [4.78, 5) is 27.6. The summed E-state index contributed by atoms with van der Waals surface area (Å²) in [6, 6.07) is 13.1. The Balaban J connectivity index is 1.87. The third-order valence-electron chi connectivity index (χ3n) is 5.81. The first kappa shape index (κ1) is 23.8. The van der Waals surface area contributed by atoms with Crippen molar-refractivity contribution < 1.29 is 18.7 Å². The molecule has 0 radical (unpaired) electrons. The Labute approximate surface area is 206 Å². The molecule has 2 heterocycles. The number of aryl methyl sites for hydroxylation is 1. The first-order valence-electron chi connectivity index (χ1n) is 10.4. The number of carbonyl (C=O) groups excluding carboxylic acids is 2. The Morgan fingerprint density at radius 3 is 2.38 bits per heavy atom. The molecule has 1 amide bonds. The van der Waals surface area contributed by atoms with E-state index in [2.05, 4.69) is 0 Å². The molecule has 0 fully saturated rings. The number of rotatable bonds is 4. The zero-order chi connectivity index (χ0) is 24.7. The zero-order valence-electron chi connectivity index (χ0n) is 18.9. The van der Waals surface area contributed by atoms with Gasteiger partial charge in [-0.3, -0.25) is 9.69 Å². The second-order valence-corrected chi connectivity index (χ2v) is 8.68.